The highest BCUT2D eigenvalue weighted by Crippen LogP contribution is 2.57. The van der Waals surface area contributed by atoms with Crippen molar-refractivity contribution >= 4 is 29.1 Å². The minimum absolute atomic E-state index is 0.0409. The van der Waals surface area contributed by atoms with Crippen LogP contribution in [0.25, 0.3) is 0 Å². The number of piperazine rings is 1. The summed E-state index contributed by atoms with van der Waals surface area (Å²) in [5, 5.41) is 7.28. The number of methoxy groups -OCH3 is 1. The molecule has 7 rings (SSSR count). The van der Waals surface area contributed by atoms with Crippen molar-refractivity contribution in [3.8, 4) is 17.4 Å². The second-order valence-electron chi connectivity index (χ2n) is 11.6. The van der Waals surface area contributed by atoms with Gasteiger partial charge in [0, 0.05) is 32.2 Å². The van der Waals surface area contributed by atoms with Crippen molar-refractivity contribution in [1.82, 2.24) is 25.1 Å². The van der Waals surface area contributed by atoms with Gasteiger partial charge in [0.1, 0.15) is 16.5 Å². The number of piperidine rings is 1. The van der Waals surface area contributed by atoms with Gasteiger partial charge in [0.05, 0.1) is 30.1 Å². The molecule has 0 radical (unpaired) electrons. The monoisotopic (exact) mass is 560 g/mol. The summed E-state index contributed by atoms with van der Waals surface area (Å²) < 4.78 is 11.9. The summed E-state index contributed by atoms with van der Waals surface area (Å²) in [6.45, 7) is 2.17. The van der Waals surface area contributed by atoms with Gasteiger partial charge < -0.3 is 29.9 Å². The van der Waals surface area contributed by atoms with E-state index in [1.54, 1.807) is 13.2 Å². The molecule has 4 heterocycles. The number of nitrogens with one attached hydrogen (secondary N) is 2. The SMILES string of the molecule is COc1cc(C2CC3CN(C)CC(C2)N3)ccc1Nc1ncc(Cl)c(Oc2cccc3c2C(=O)N(C)C32CC2)n1. The maximum atomic E-state index is 13.1. The van der Waals surface area contributed by atoms with E-state index in [1.807, 2.05) is 30.1 Å². The molecule has 10 heteroatoms. The standard InChI is InChI=1S/C30H33ClN6O3/c1-36-15-19-11-18(12-20(16-36)33-19)17-7-8-23(25(13-17)39-3)34-29-32-14-22(31)27(35-29)40-24-6-4-5-21-26(24)28(38)37(2)30(21)9-10-30/h4-8,13-14,18-20,33H,9-12,15-16H2,1-3H3,(H,32,34,35). The third-order valence-corrected chi connectivity index (χ3v) is 9.21. The molecule has 2 aromatic carbocycles. The second-order valence-corrected chi connectivity index (χ2v) is 12.0. The normalized spacial score (nSPS) is 24.6. The van der Waals surface area contributed by atoms with Crippen LogP contribution in [0.3, 0.4) is 0 Å². The maximum Gasteiger partial charge on any atom is 0.258 e. The number of rotatable bonds is 6. The number of anilines is 2. The lowest BCUT2D eigenvalue weighted by Gasteiger charge is -2.44. The van der Waals surface area contributed by atoms with Gasteiger partial charge in [-0.1, -0.05) is 29.8 Å². The van der Waals surface area contributed by atoms with Crippen LogP contribution in [0.15, 0.2) is 42.6 Å². The van der Waals surface area contributed by atoms with Crippen molar-refractivity contribution in [2.45, 2.75) is 49.2 Å². The number of nitrogens with zero attached hydrogens (tertiary/aromatic N) is 4. The van der Waals surface area contributed by atoms with E-state index in [-0.39, 0.29) is 22.3 Å². The zero-order chi connectivity index (χ0) is 27.6. The third-order valence-electron chi connectivity index (χ3n) is 8.95. The van der Waals surface area contributed by atoms with Gasteiger partial charge in [-0.15, -0.1) is 0 Å². The fourth-order valence-corrected chi connectivity index (χ4v) is 7.00. The molecule has 40 heavy (non-hydrogen) atoms. The molecule has 1 aromatic heterocycles. The number of hydrogen-bond donors (Lipinski definition) is 2. The van der Waals surface area contributed by atoms with Crippen molar-refractivity contribution in [3.63, 3.8) is 0 Å². The van der Waals surface area contributed by atoms with Gasteiger partial charge in [-0.3, -0.25) is 4.79 Å². The largest absolute Gasteiger partial charge is 0.495 e. The van der Waals surface area contributed by atoms with Crippen LogP contribution in [0.2, 0.25) is 5.02 Å². The Hall–Kier alpha value is -3.40. The molecule has 9 nitrogen and oxygen atoms in total. The maximum absolute atomic E-state index is 13.1. The molecule has 2 atom stereocenters. The number of hydrogen-bond acceptors (Lipinski definition) is 8. The Morgan fingerprint density at radius 1 is 1.10 bits per heavy atom. The molecule has 2 N–H and O–H groups in total. The van der Waals surface area contributed by atoms with Crippen LogP contribution in [0.5, 0.6) is 17.4 Å². The molecule has 1 aliphatic carbocycles. The molecule has 2 bridgehead atoms. The van der Waals surface area contributed by atoms with Crippen LogP contribution in [0.4, 0.5) is 11.6 Å². The molecule has 4 aliphatic rings. The van der Waals surface area contributed by atoms with Crippen LogP contribution in [0, 0.1) is 0 Å². The quantitative estimate of drug-likeness (QED) is 0.440. The molecular weight excluding hydrogens is 528 g/mol. The number of carbonyl (C=O) groups is 1. The zero-order valence-corrected chi connectivity index (χ0v) is 23.7. The van der Waals surface area contributed by atoms with Gasteiger partial charge in [0.25, 0.3) is 5.91 Å². The Morgan fingerprint density at radius 2 is 1.88 bits per heavy atom. The highest BCUT2D eigenvalue weighted by Gasteiger charge is 2.57. The van der Waals surface area contributed by atoms with E-state index in [0.29, 0.717) is 35.3 Å². The number of aromatic nitrogens is 2. The number of likely N-dealkylation sites (tertiary alicyclic amines) is 1. The van der Waals surface area contributed by atoms with E-state index in [9.17, 15) is 4.79 Å². The number of amides is 1. The minimum Gasteiger partial charge on any atom is -0.495 e. The average Bonchev–Trinajstić information content (AvgIpc) is 3.72. The Morgan fingerprint density at radius 3 is 2.60 bits per heavy atom. The summed E-state index contributed by atoms with van der Waals surface area (Å²) in [4.78, 5) is 26.2. The van der Waals surface area contributed by atoms with Crippen molar-refractivity contribution in [2.24, 2.45) is 0 Å². The number of ether oxygens (including phenoxy) is 2. The summed E-state index contributed by atoms with van der Waals surface area (Å²) in [6, 6.07) is 13.0. The topological polar surface area (TPSA) is 91.8 Å². The molecular formula is C30H33ClN6O3. The molecule has 208 valence electrons. The summed E-state index contributed by atoms with van der Waals surface area (Å²) >= 11 is 6.44. The van der Waals surface area contributed by atoms with Crippen molar-refractivity contribution in [3.05, 3.63) is 64.3 Å². The van der Waals surface area contributed by atoms with E-state index < -0.39 is 0 Å². The molecule has 3 aromatic rings. The van der Waals surface area contributed by atoms with Crippen LogP contribution >= 0.6 is 11.6 Å². The molecule has 3 aliphatic heterocycles. The first-order valence-electron chi connectivity index (χ1n) is 13.9. The number of halogens is 1. The van der Waals surface area contributed by atoms with Gasteiger partial charge in [-0.2, -0.15) is 4.98 Å². The van der Waals surface area contributed by atoms with Crippen LogP contribution < -0.4 is 20.1 Å². The smallest absolute Gasteiger partial charge is 0.258 e. The van der Waals surface area contributed by atoms with Gasteiger partial charge in [0.15, 0.2) is 0 Å². The van der Waals surface area contributed by atoms with E-state index in [0.717, 1.165) is 55.8 Å². The summed E-state index contributed by atoms with van der Waals surface area (Å²) in [5.74, 6) is 2.12. The Labute approximate surface area is 238 Å². The molecule has 1 amide bonds. The number of likely N-dealkylation sites (N-methyl/N-ethyl adjacent to an activating group) is 1. The number of benzene rings is 2. The van der Waals surface area contributed by atoms with Gasteiger partial charge in [0.2, 0.25) is 11.8 Å². The second kappa shape index (κ2) is 9.61. The Kier molecular flexibility index (Phi) is 6.14. The fraction of sp³-hybridized carbons (Fsp3) is 0.433. The number of carbonyl (C=O) groups excluding carboxylic acids is 1. The fourth-order valence-electron chi connectivity index (χ4n) is 6.87. The summed E-state index contributed by atoms with van der Waals surface area (Å²) in [7, 11) is 5.73. The van der Waals surface area contributed by atoms with Crippen molar-refractivity contribution < 1.29 is 14.3 Å². The highest BCUT2D eigenvalue weighted by molar-refractivity contribution is 6.31. The van der Waals surface area contributed by atoms with Gasteiger partial charge in [-0.25, -0.2) is 4.98 Å². The summed E-state index contributed by atoms with van der Waals surface area (Å²) in [6.07, 6.45) is 5.65. The predicted molar refractivity (Wildman–Crippen MR) is 153 cm³/mol. The van der Waals surface area contributed by atoms with Crippen LogP contribution in [-0.2, 0) is 5.54 Å². The minimum atomic E-state index is -0.194. The first-order valence-corrected chi connectivity index (χ1v) is 14.2. The molecule has 3 fully saturated rings. The van der Waals surface area contributed by atoms with E-state index in [1.165, 1.54) is 11.8 Å². The predicted octanol–water partition coefficient (Wildman–Crippen LogP) is 4.90. The van der Waals surface area contributed by atoms with Crippen LogP contribution in [0.1, 0.15) is 53.1 Å². The lowest BCUT2D eigenvalue weighted by Crippen LogP contribution is -2.58. The van der Waals surface area contributed by atoms with E-state index in [2.05, 4.69) is 44.7 Å². The molecule has 1 saturated carbocycles. The third kappa shape index (κ3) is 4.27. The average molecular weight is 561 g/mol. The van der Waals surface area contributed by atoms with E-state index in [4.69, 9.17) is 21.1 Å². The number of fused-ring (bicyclic) bond motifs is 4. The Balaban J connectivity index is 1.12. The first kappa shape index (κ1) is 25.6. The van der Waals surface area contributed by atoms with Crippen LogP contribution in [-0.4, -0.2) is 72.1 Å². The molecule has 1 spiro atoms. The Bertz CT molecular complexity index is 1480. The lowest BCUT2D eigenvalue weighted by atomic mass is 9.81. The molecule has 2 saturated heterocycles. The zero-order valence-electron chi connectivity index (χ0n) is 22.9. The first-order chi connectivity index (χ1) is 19.3. The van der Waals surface area contributed by atoms with E-state index >= 15 is 0 Å². The lowest BCUT2D eigenvalue weighted by molar-refractivity contribution is 0.0753. The highest BCUT2D eigenvalue weighted by atomic mass is 35.5. The van der Waals surface area contributed by atoms with Crippen molar-refractivity contribution in [1.29, 1.82) is 0 Å². The van der Waals surface area contributed by atoms with Crippen molar-refractivity contribution in [2.75, 3.05) is 39.6 Å². The van der Waals surface area contributed by atoms with Gasteiger partial charge in [-0.05, 0) is 68.0 Å². The van der Waals surface area contributed by atoms with Gasteiger partial charge >= 0.3 is 0 Å². The molecule has 2 unspecified atom stereocenters. The summed E-state index contributed by atoms with van der Waals surface area (Å²) in [5.41, 5.74) is 3.43.